The fourth-order valence-corrected chi connectivity index (χ4v) is 7.39. The minimum Gasteiger partial charge on any atom is -0.460 e. The minimum absolute atomic E-state index is 0.0145. The van der Waals surface area contributed by atoms with Gasteiger partial charge in [0.05, 0.1) is 0 Å². The highest BCUT2D eigenvalue weighted by molar-refractivity contribution is 5.74. The van der Waals surface area contributed by atoms with Crippen molar-refractivity contribution in [2.75, 3.05) is 0 Å². The molecular weight excluding hydrogens is 601 g/mol. The van der Waals surface area contributed by atoms with Crippen LogP contribution in [0, 0.1) is 0 Å². The van der Waals surface area contributed by atoms with Crippen LogP contribution in [-0.4, -0.2) is 23.3 Å². The molecule has 0 heterocycles. The Morgan fingerprint density at radius 3 is 0.857 bits per heavy atom. The van der Waals surface area contributed by atoms with E-state index >= 15 is 0 Å². The summed E-state index contributed by atoms with van der Waals surface area (Å²) in [6.45, 7) is 6.78. The normalized spacial score (nSPS) is 12.8. The van der Waals surface area contributed by atoms with Gasteiger partial charge in [0.1, 0.15) is 6.10 Å². The monoisotopic (exact) mass is 693 g/mol. The van der Waals surface area contributed by atoms with Crippen molar-refractivity contribution < 1.29 is 14.6 Å². The van der Waals surface area contributed by atoms with Crippen molar-refractivity contribution in [1.29, 1.82) is 0 Å². The number of hydrogen-bond donors (Lipinski definition) is 1. The molecule has 0 aliphatic carbocycles. The molecule has 2 atom stereocenters. The van der Waals surface area contributed by atoms with E-state index in [0.717, 1.165) is 44.9 Å². The lowest BCUT2D eigenvalue weighted by molar-refractivity contribution is -0.160. The van der Waals surface area contributed by atoms with Crippen LogP contribution in [0.1, 0.15) is 278 Å². The second-order valence-electron chi connectivity index (χ2n) is 16.0. The van der Waals surface area contributed by atoms with E-state index in [1.165, 1.54) is 205 Å². The average molecular weight is 693 g/mol. The highest BCUT2D eigenvalue weighted by atomic mass is 16.6. The Hall–Kier alpha value is -0.570. The summed E-state index contributed by atoms with van der Waals surface area (Å²) >= 11 is 0. The molecule has 0 amide bonds. The molecule has 0 rings (SSSR count). The molecule has 0 aromatic carbocycles. The Kier molecular flexibility index (Phi) is 41.4. The number of esters is 1. The van der Waals surface area contributed by atoms with E-state index < -0.39 is 6.10 Å². The van der Waals surface area contributed by atoms with Gasteiger partial charge < -0.3 is 9.84 Å². The summed E-state index contributed by atoms with van der Waals surface area (Å²) in [5.74, 6) is -0.376. The van der Waals surface area contributed by atoms with Crippen LogP contribution < -0.4 is 0 Å². The lowest BCUT2D eigenvalue weighted by atomic mass is 10.0. The summed E-state index contributed by atoms with van der Waals surface area (Å²) in [6.07, 6.45) is 51.5. The zero-order valence-corrected chi connectivity index (χ0v) is 34.2. The first kappa shape index (κ1) is 48.4. The molecule has 0 saturated carbocycles. The van der Waals surface area contributed by atoms with Gasteiger partial charge in [0, 0.05) is 0 Å². The molecular formula is C46H92O3. The van der Waals surface area contributed by atoms with Gasteiger partial charge in [0.25, 0.3) is 0 Å². The summed E-state index contributed by atoms with van der Waals surface area (Å²) in [6, 6.07) is 0. The number of hydrogen-bond acceptors (Lipinski definition) is 3. The first-order chi connectivity index (χ1) is 24.2. The fraction of sp³-hybridized carbons (Fsp3) is 0.978. The maximum Gasteiger partial charge on any atom is 0.335 e. The Bertz CT molecular complexity index is 619. The Morgan fingerprint density at radius 1 is 0.347 bits per heavy atom. The number of ether oxygens (including phenoxy) is 1. The molecule has 0 aliphatic heterocycles. The molecule has 0 bridgehead atoms. The zero-order chi connectivity index (χ0) is 35.7. The van der Waals surface area contributed by atoms with Crippen LogP contribution in [0.2, 0.25) is 0 Å². The predicted octanol–water partition coefficient (Wildman–Crippen LogP) is 15.9. The molecule has 3 nitrogen and oxygen atoms in total. The van der Waals surface area contributed by atoms with Crippen molar-refractivity contribution in [3.05, 3.63) is 0 Å². The van der Waals surface area contributed by atoms with Gasteiger partial charge in [0.15, 0.2) is 6.10 Å². The van der Waals surface area contributed by atoms with E-state index in [2.05, 4.69) is 20.8 Å². The van der Waals surface area contributed by atoms with Gasteiger partial charge in [-0.1, -0.05) is 252 Å². The van der Waals surface area contributed by atoms with Crippen molar-refractivity contribution in [1.82, 2.24) is 0 Å². The molecule has 294 valence electrons. The van der Waals surface area contributed by atoms with Crippen LogP contribution in [0.25, 0.3) is 0 Å². The molecule has 49 heavy (non-hydrogen) atoms. The van der Waals surface area contributed by atoms with Crippen molar-refractivity contribution in [3.8, 4) is 0 Å². The van der Waals surface area contributed by atoms with Crippen molar-refractivity contribution in [3.63, 3.8) is 0 Å². The van der Waals surface area contributed by atoms with Crippen LogP contribution in [-0.2, 0) is 9.53 Å². The molecule has 0 saturated heterocycles. The summed E-state index contributed by atoms with van der Waals surface area (Å²) in [4.78, 5) is 12.6. The number of rotatable bonds is 42. The van der Waals surface area contributed by atoms with Crippen molar-refractivity contribution in [2.24, 2.45) is 0 Å². The van der Waals surface area contributed by atoms with E-state index in [0.29, 0.717) is 6.42 Å². The van der Waals surface area contributed by atoms with Crippen LogP contribution in [0.5, 0.6) is 0 Å². The van der Waals surface area contributed by atoms with Crippen molar-refractivity contribution in [2.45, 2.75) is 290 Å². The van der Waals surface area contributed by atoms with E-state index in [4.69, 9.17) is 4.74 Å². The maximum atomic E-state index is 12.6. The molecule has 0 spiro atoms. The number of aliphatic hydroxyl groups excluding tert-OH is 1. The van der Waals surface area contributed by atoms with E-state index in [1.807, 2.05) is 0 Å². The minimum atomic E-state index is -0.944. The topological polar surface area (TPSA) is 46.5 Å². The van der Waals surface area contributed by atoms with Crippen molar-refractivity contribution >= 4 is 5.97 Å². The van der Waals surface area contributed by atoms with Crippen LogP contribution in [0.15, 0.2) is 0 Å². The quantitative estimate of drug-likeness (QED) is 0.0512. The summed E-state index contributed by atoms with van der Waals surface area (Å²) < 4.78 is 5.83. The van der Waals surface area contributed by atoms with Gasteiger partial charge in [-0.15, -0.1) is 0 Å². The van der Waals surface area contributed by atoms with Gasteiger partial charge in [0.2, 0.25) is 0 Å². The second kappa shape index (κ2) is 41.8. The Labute approximate surface area is 309 Å². The van der Waals surface area contributed by atoms with Gasteiger partial charge in [-0.25, -0.2) is 4.79 Å². The first-order valence-electron chi connectivity index (χ1n) is 23.0. The van der Waals surface area contributed by atoms with Gasteiger partial charge >= 0.3 is 5.97 Å². The SMILES string of the molecule is CCCCCCCCCCCCCCCCCCCCCCCCC(O)C(=O)OC(CCCC)CCCCCCCCCCCCCCC. The Morgan fingerprint density at radius 2 is 0.571 bits per heavy atom. The van der Waals surface area contributed by atoms with E-state index in [-0.39, 0.29) is 12.1 Å². The molecule has 3 heteroatoms. The van der Waals surface area contributed by atoms with E-state index in [9.17, 15) is 9.90 Å². The summed E-state index contributed by atoms with van der Waals surface area (Å²) in [7, 11) is 0. The van der Waals surface area contributed by atoms with Gasteiger partial charge in [-0.3, -0.25) is 0 Å². The maximum absolute atomic E-state index is 12.6. The second-order valence-corrected chi connectivity index (χ2v) is 16.0. The fourth-order valence-electron chi connectivity index (χ4n) is 7.39. The highest BCUT2D eigenvalue weighted by Crippen LogP contribution is 2.19. The lowest BCUT2D eigenvalue weighted by Crippen LogP contribution is -2.28. The van der Waals surface area contributed by atoms with E-state index in [1.54, 1.807) is 0 Å². The van der Waals surface area contributed by atoms with Gasteiger partial charge in [-0.05, 0) is 25.7 Å². The molecule has 2 unspecified atom stereocenters. The zero-order valence-electron chi connectivity index (χ0n) is 34.2. The molecule has 0 aromatic heterocycles. The predicted molar refractivity (Wildman–Crippen MR) is 218 cm³/mol. The van der Waals surface area contributed by atoms with Crippen LogP contribution in [0.4, 0.5) is 0 Å². The smallest absolute Gasteiger partial charge is 0.335 e. The van der Waals surface area contributed by atoms with Gasteiger partial charge in [-0.2, -0.15) is 0 Å². The largest absolute Gasteiger partial charge is 0.460 e. The first-order valence-corrected chi connectivity index (χ1v) is 23.0. The number of carbonyl (C=O) groups excluding carboxylic acids is 1. The third-order valence-electron chi connectivity index (χ3n) is 10.9. The lowest BCUT2D eigenvalue weighted by Gasteiger charge is -2.20. The number of carbonyl (C=O) groups is 1. The molecule has 0 fully saturated rings. The Balaban J connectivity index is 3.60. The number of unbranched alkanes of at least 4 members (excludes halogenated alkanes) is 34. The number of aliphatic hydroxyl groups is 1. The molecule has 1 N–H and O–H groups in total. The summed E-state index contributed by atoms with van der Waals surface area (Å²) in [5, 5.41) is 10.5. The van der Waals surface area contributed by atoms with Crippen LogP contribution in [0.3, 0.4) is 0 Å². The summed E-state index contributed by atoms with van der Waals surface area (Å²) in [5.41, 5.74) is 0. The molecule has 0 aromatic rings. The molecule has 0 aliphatic rings. The third kappa shape index (κ3) is 38.5. The molecule has 0 radical (unpaired) electrons. The third-order valence-corrected chi connectivity index (χ3v) is 10.9. The average Bonchev–Trinajstić information content (AvgIpc) is 3.11. The highest BCUT2D eigenvalue weighted by Gasteiger charge is 2.21. The standard InChI is InChI=1S/C46H92O3/c1-4-7-10-12-14-16-18-20-21-22-23-24-25-26-27-28-30-32-34-36-38-40-43-45(47)46(48)49-44(41-9-6-3)42-39-37-35-33-31-29-19-17-15-13-11-8-5-2/h44-45,47H,4-43H2,1-3H3. The van der Waals surface area contributed by atoms with Crippen LogP contribution >= 0.6 is 0 Å².